The molecule has 0 radical (unpaired) electrons. The van der Waals surface area contributed by atoms with Gasteiger partial charge in [0, 0.05) is 17.7 Å². The zero-order valence-electron chi connectivity index (χ0n) is 6.66. The molecule has 0 aliphatic heterocycles. The highest BCUT2D eigenvalue weighted by Gasteiger charge is 2.01. The molecule has 0 aromatic heterocycles. The summed E-state index contributed by atoms with van der Waals surface area (Å²) in [6.07, 6.45) is 0. The molecule has 0 N–H and O–H groups in total. The lowest BCUT2D eigenvalue weighted by Gasteiger charge is -1.90. The Kier molecular flexibility index (Phi) is 3.30. The third-order valence-electron chi connectivity index (χ3n) is 1.38. The summed E-state index contributed by atoms with van der Waals surface area (Å²) in [7, 11) is 0. The van der Waals surface area contributed by atoms with E-state index < -0.39 is 4.92 Å². The monoisotopic (exact) mass is 195 g/mol. The molecular weight excluding hydrogens is 190 g/mol. The largest absolute Gasteiger partial charge is 0.269 e. The number of benzene rings is 1. The summed E-state index contributed by atoms with van der Waals surface area (Å²) in [4.78, 5) is 9.83. The standard InChI is InChI=1S/C9H6ClNO2/c10-7-1-2-8-3-5-9(6-4-8)11(12)13/h3-6H,7H2. The van der Waals surface area contributed by atoms with Crippen molar-refractivity contribution >= 4 is 17.3 Å². The van der Waals surface area contributed by atoms with Crippen molar-refractivity contribution < 1.29 is 4.92 Å². The van der Waals surface area contributed by atoms with Gasteiger partial charge in [0.15, 0.2) is 0 Å². The van der Waals surface area contributed by atoms with Crippen molar-refractivity contribution in [3.05, 3.63) is 39.9 Å². The smallest absolute Gasteiger partial charge is 0.258 e. The zero-order chi connectivity index (χ0) is 9.68. The number of non-ortho nitro benzene ring substituents is 1. The van der Waals surface area contributed by atoms with E-state index in [-0.39, 0.29) is 11.6 Å². The minimum absolute atomic E-state index is 0.0661. The molecule has 66 valence electrons. The Balaban J connectivity index is 2.87. The number of nitrogens with zero attached hydrogens (tertiary/aromatic N) is 1. The molecule has 0 bridgehead atoms. The molecule has 0 saturated carbocycles. The minimum atomic E-state index is -0.446. The molecule has 0 atom stereocenters. The highest BCUT2D eigenvalue weighted by molar-refractivity contribution is 6.19. The van der Waals surface area contributed by atoms with E-state index in [9.17, 15) is 10.1 Å². The quantitative estimate of drug-likeness (QED) is 0.298. The molecular formula is C9H6ClNO2. The number of halogens is 1. The molecule has 0 heterocycles. The molecule has 0 fully saturated rings. The maximum absolute atomic E-state index is 10.3. The van der Waals surface area contributed by atoms with E-state index in [1.54, 1.807) is 12.1 Å². The van der Waals surface area contributed by atoms with Crippen LogP contribution >= 0.6 is 11.6 Å². The molecule has 0 saturated heterocycles. The van der Waals surface area contributed by atoms with Gasteiger partial charge in [-0.15, -0.1) is 11.6 Å². The van der Waals surface area contributed by atoms with Crippen molar-refractivity contribution in [1.29, 1.82) is 0 Å². The van der Waals surface area contributed by atoms with Crippen molar-refractivity contribution in [1.82, 2.24) is 0 Å². The van der Waals surface area contributed by atoms with Gasteiger partial charge >= 0.3 is 0 Å². The highest BCUT2D eigenvalue weighted by Crippen LogP contribution is 2.10. The van der Waals surface area contributed by atoms with Crippen LogP contribution in [-0.2, 0) is 0 Å². The van der Waals surface area contributed by atoms with Crippen LogP contribution in [-0.4, -0.2) is 10.8 Å². The second kappa shape index (κ2) is 4.48. The number of nitro groups is 1. The van der Waals surface area contributed by atoms with E-state index in [1.165, 1.54) is 12.1 Å². The first-order valence-electron chi connectivity index (χ1n) is 3.53. The van der Waals surface area contributed by atoms with Gasteiger partial charge in [0.25, 0.3) is 5.69 Å². The Bertz CT molecular complexity index is 361. The second-order valence-corrected chi connectivity index (χ2v) is 2.51. The van der Waals surface area contributed by atoms with E-state index in [1.807, 2.05) is 0 Å². The number of hydrogen-bond donors (Lipinski definition) is 0. The van der Waals surface area contributed by atoms with Crippen LogP contribution in [0.4, 0.5) is 5.69 Å². The van der Waals surface area contributed by atoms with Gasteiger partial charge in [0.1, 0.15) is 0 Å². The molecule has 0 unspecified atom stereocenters. The van der Waals surface area contributed by atoms with Crippen LogP contribution in [0.25, 0.3) is 0 Å². The van der Waals surface area contributed by atoms with Crippen LogP contribution in [0.2, 0.25) is 0 Å². The lowest BCUT2D eigenvalue weighted by atomic mass is 10.2. The van der Waals surface area contributed by atoms with E-state index in [0.717, 1.165) is 5.56 Å². The van der Waals surface area contributed by atoms with Crippen molar-refractivity contribution in [2.75, 3.05) is 5.88 Å². The minimum Gasteiger partial charge on any atom is -0.258 e. The molecule has 13 heavy (non-hydrogen) atoms. The van der Waals surface area contributed by atoms with E-state index in [2.05, 4.69) is 11.8 Å². The molecule has 3 nitrogen and oxygen atoms in total. The maximum atomic E-state index is 10.3. The van der Waals surface area contributed by atoms with Gasteiger partial charge in [-0.3, -0.25) is 10.1 Å². The van der Waals surface area contributed by atoms with Gasteiger partial charge < -0.3 is 0 Å². The summed E-state index contributed by atoms with van der Waals surface area (Å²) in [5.41, 5.74) is 0.794. The van der Waals surface area contributed by atoms with Crippen LogP contribution in [0.1, 0.15) is 5.56 Å². The topological polar surface area (TPSA) is 43.1 Å². The molecule has 4 heteroatoms. The summed E-state index contributed by atoms with van der Waals surface area (Å²) in [5, 5.41) is 10.3. The van der Waals surface area contributed by atoms with Gasteiger partial charge in [-0.05, 0) is 12.1 Å². The van der Waals surface area contributed by atoms with Crippen LogP contribution in [0.15, 0.2) is 24.3 Å². The first-order chi connectivity index (χ1) is 6.24. The summed E-state index contributed by atoms with van der Waals surface area (Å²) < 4.78 is 0. The fourth-order valence-electron chi connectivity index (χ4n) is 0.802. The number of hydrogen-bond acceptors (Lipinski definition) is 2. The van der Waals surface area contributed by atoms with Gasteiger partial charge in [-0.1, -0.05) is 11.8 Å². The zero-order valence-corrected chi connectivity index (χ0v) is 7.41. The summed E-state index contributed by atoms with van der Waals surface area (Å²) in [6.45, 7) is 0. The van der Waals surface area contributed by atoms with E-state index in [0.29, 0.717) is 0 Å². The Hall–Kier alpha value is -1.53. The lowest BCUT2D eigenvalue weighted by molar-refractivity contribution is -0.384. The first kappa shape index (κ1) is 9.56. The normalized spacial score (nSPS) is 8.69. The van der Waals surface area contributed by atoms with Crippen molar-refractivity contribution in [2.45, 2.75) is 0 Å². The van der Waals surface area contributed by atoms with Gasteiger partial charge in [0.2, 0.25) is 0 Å². The van der Waals surface area contributed by atoms with Gasteiger partial charge in [0.05, 0.1) is 10.8 Å². The van der Waals surface area contributed by atoms with Crippen molar-refractivity contribution in [2.24, 2.45) is 0 Å². The first-order valence-corrected chi connectivity index (χ1v) is 4.07. The Morgan fingerprint density at radius 3 is 2.46 bits per heavy atom. The molecule has 1 aromatic carbocycles. The third-order valence-corrected chi connectivity index (χ3v) is 1.51. The van der Waals surface area contributed by atoms with Crippen molar-refractivity contribution in [3.63, 3.8) is 0 Å². The van der Waals surface area contributed by atoms with Crippen molar-refractivity contribution in [3.8, 4) is 11.8 Å². The highest BCUT2D eigenvalue weighted by atomic mass is 35.5. The fourth-order valence-corrected chi connectivity index (χ4v) is 0.869. The Labute approximate surface area is 80.5 Å². The number of nitro benzene ring substituents is 1. The predicted octanol–water partition coefficient (Wildman–Crippen LogP) is 2.19. The van der Waals surface area contributed by atoms with Gasteiger partial charge in [-0.25, -0.2) is 0 Å². The van der Waals surface area contributed by atoms with Crippen LogP contribution in [0, 0.1) is 22.0 Å². The Morgan fingerprint density at radius 1 is 1.38 bits per heavy atom. The van der Waals surface area contributed by atoms with Crippen LogP contribution in [0.3, 0.4) is 0 Å². The fraction of sp³-hybridized carbons (Fsp3) is 0.111. The molecule has 0 aliphatic carbocycles. The maximum Gasteiger partial charge on any atom is 0.269 e. The van der Waals surface area contributed by atoms with E-state index >= 15 is 0 Å². The lowest BCUT2D eigenvalue weighted by Crippen LogP contribution is -1.86. The molecule has 0 aliphatic rings. The molecule has 0 spiro atoms. The summed E-state index contributed by atoms with van der Waals surface area (Å²) in [6, 6.07) is 6.02. The number of alkyl halides is 1. The summed E-state index contributed by atoms with van der Waals surface area (Å²) >= 11 is 5.35. The second-order valence-electron chi connectivity index (χ2n) is 2.24. The number of rotatable bonds is 1. The SMILES string of the molecule is O=[N+]([O-])c1ccc(C#CCCl)cc1. The predicted molar refractivity (Wildman–Crippen MR) is 50.7 cm³/mol. The van der Waals surface area contributed by atoms with Crippen LogP contribution in [0.5, 0.6) is 0 Å². The average Bonchev–Trinajstić information content (AvgIpc) is 2.15. The Morgan fingerprint density at radius 2 is 2.00 bits per heavy atom. The summed E-state index contributed by atoms with van der Waals surface area (Å²) in [5.74, 6) is 5.68. The van der Waals surface area contributed by atoms with Crippen LogP contribution < -0.4 is 0 Å². The van der Waals surface area contributed by atoms with Gasteiger partial charge in [-0.2, -0.15) is 0 Å². The molecule has 1 rings (SSSR count). The molecule has 1 aromatic rings. The molecule has 0 amide bonds. The van der Waals surface area contributed by atoms with E-state index in [4.69, 9.17) is 11.6 Å². The average molecular weight is 196 g/mol. The third kappa shape index (κ3) is 2.77.